The van der Waals surface area contributed by atoms with E-state index in [4.69, 9.17) is 9.47 Å². The van der Waals surface area contributed by atoms with Crippen LogP contribution in [0.15, 0.2) is 18.6 Å². The molecule has 2 rings (SSSR count). The van der Waals surface area contributed by atoms with E-state index in [0.717, 1.165) is 0 Å². The quantitative estimate of drug-likeness (QED) is 0.560. The number of aromatic nitrogens is 3. The Morgan fingerprint density at radius 3 is 3.05 bits per heavy atom. The molecular formula is C13H16N4O4. The molecule has 0 bridgehead atoms. The Balaban J connectivity index is 1.78. The molecule has 2 N–H and O–H groups in total. The zero-order chi connectivity index (χ0) is 15.1. The number of carbonyl (C=O) groups excluding carboxylic acids is 2. The average molecular weight is 292 g/mol. The molecule has 0 saturated carbocycles. The van der Waals surface area contributed by atoms with E-state index in [0.29, 0.717) is 23.3 Å². The Labute approximate surface area is 120 Å². The first-order valence-electron chi connectivity index (χ1n) is 6.52. The molecule has 0 aliphatic carbocycles. The summed E-state index contributed by atoms with van der Waals surface area (Å²) in [4.78, 5) is 33.9. The summed E-state index contributed by atoms with van der Waals surface area (Å²) in [7, 11) is 0. The third-order valence-corrected chi connectivity index (χ3v) is 2.63. The number of pyridine rings is 1. The number of imidazole rings is 1. The van der Waals surface area contributed by atoms with Gasteiger partial charge in [-0.1, -0.05) is 0 Å². The summed E-state index contributed by atoms with van der Waals surface area (Å²) in [6.45, 7) is 2.44. The molecule has 2 heterocycles. The van der Waals surface area contributed by atoms with E-state index < -0.39 is 5.97 Å². The number of aromatic amines is 1. The van der Waals surface area contributed by atoms with Gasteiger partial charge >= 0.3 is 5.97 Å². The second kappa shape index (κ2) is 7.34. The number of H-pyrrole nitrogens is 1. The summed E-state index contributed by atoms with van der Waals surface area (Å²) >= 11 is 0. The molecule has 2 aromatic rings. The highest BCUT2D eigenvalue weighted by molar-refractivity contribution is 6.03. The van der Waals surface area contributed by atoms with E-state index in [9.17, 15) is 9.59 Å². The Bertz CT molecular complexity index is 625. The predicted molar refractivity (Wildman–Crippen MR) is 73.7 cm³/mol. The molecule has 0 atom stereocenters. The van der Waals surface area contributed by atoms with E-state index in [1.165, 1.54) is 12.5 Å². The summed E-state index contributed by atoms with van der Waals surface area (Å²) in [5.74, 6) is -0.677. The number of rotatable bonds is 7. The number of hydrogen-bond donors (Lipinski definition) is 2. The van der Waals surface area contributed by atoms with Gasteiger partial charge in [0.15, 0.2) is 5.65 Å². The van der Waals surface area contributed by atoms with E-state index in [-0.39, 0.29) is 25.7 Å². The van der Waals surface area contributed by atoms with E-state index in [1.54, 1.807) is 13.0 Å². The molecule has 0 fully saturated rings. The van der Waals surface area contributed by atoms with Crippen LogP contribution < -0.4 is 5.32 Å². The molecule has 0 saturated heterocycles. The van der Waals surface area contributed by atoms with Crippen molar-refractivity contribution in [3.05, 3.63) is 24.2 Å². The molecule has 8 heteroatoms. The number of carbonyl (C=O) groups is 2. The Morgan fingerprint density at radius 1 is 1.38 bits per heavy atom. The molecule has 0 spiro atoms. The molecule has 21 heavy (non-hydrogen) atoms. The van der Waals surface area contributed by atoms with Gasteiger partial charge < -0.3 is 19.8 Å². The highest BCUT2D eigenvalue weighted by atomic mass is 16.6. The van der Waals surface area contributed by atoms with E-state index in [1.807, 2.05) is 0 Å². The van der Waals surface area contributed by atoms with Crippen molar-refractivity contribution in [3.63, 3.8) is 0 Å². The largest absolute Gasteiger partial charge is 0.464 e. The fourth-order valence-corrected chi connectivity index (χ4v) is 1.73. The van der Waals surface area contributed by atoms with Crippen molar-refractivity contribution in [2.75, 3.05) is 26.4 Å². The summed E-state index contributed by atoms with van der Waals surface area (Å²) in [5.41, 5.74) is 1.53. The molecule has 0 aliphatic rings. The van der Waals surface area contributed by atoms with Crippen LogP contribution >= 0.6 is 0 Å². The van der Waals surface area contributed by atoms with Gasteiger partial charge in [-0.15, -0.1) is 0 Å². The minimum Gasteiger partial charge on any atom is -0.464 e. The van der Waals surface area contributed by atoms with Crippen LogP contribution in [0.4, 0.5) is 0 Å². The average Bonchev–Trinajstić information content (AvgIpc) is 2.95. The van der Waals surface area contributed by atoms with Crippen LogP contribution in [-0.2, 0) is 14.3 Å². The Morgan fingerprint density at radius 2 is 2.24 bits per heavy atom. The molecule has 0 radical (unpaired) electrons. The summed E-state index contributed by atoms with van der Waals surface area (Å²) in [6.07, 6.45) is 3.01. The van der Waals surface area contributed by atoms with Crippen molar-refractivity contribution in [2.45, 2.75) is 6.92 Å². The highest BCUT2D eigenvalue weighted by Crippen LogP contribution is 2.11. The van der Waals surface area contributed by atoms with Gasteiger partial charge in [0.1, 0.15) is 6.61 Å². The standard InChI is InChI=1S/C13H16N4O4/c1-2-21-10(18)7-20-6-5-15-13(19)9-3-4-14-12-11(9)16-8-17-12/h3-4,8H,2,5-7H2,1H3,(H,15,19)(H,14,16,17). The van der Waals surface area contributed by atoms with Crippen molar-refractivity contribution in [3.8, 4) is 0 Å². The number of fused-ring (bicyclic) bond motifs is 1. The predicted octanol–water partition coefficient (Wildman–Crippen LogP) is 0.267. The molecular weight excluding hydrogens is 276 g/mol. The molecule has 0 aromatic carbocycles. The minimum atomic E-state index is -0.419. The third-order valence-electron chi connectivity index (χ3n) is 2.63. The van der Waals surface area contributed by atoms with Crippen molar-refractivity contribution < 1.29 is 19.1 Å². The lowest BCUT2D eigenvalue weighted by molar-refractivity contribution is -0.148. The number of esters is 1. The third kappa shape index (κ3) is 3.99. The lowest BCUT2D eigenvalue weighted by Crippen LogP contribution is -2.28. The number of amides is 1. The molecule has 2 aromatic heterocycles. The van der Waals surface area contributed by atoms with Gasteiger partial charge in [0.2, 0.25) is 0 Å². The molecule has 1 amide bonds. The zero-order valence-corrected chi connectivity index (χ0v) is 11.6. The van der Waals surface area contributed by atoms with Crippen LogP contribution in [0.2, 0.25) is 0 Å². The van der Waals surface area contributed by atoms with Gasteiger partial charge in [-0.05, 0) is 13.0 Å². The normalized spacial score (nSPS) is 10.5. The monoisotopic (exact) mass is 292 g/mol. The van der Waals surface area contributed by atoms with E-state index in [2.05, 4.69) is 20.3 Å². The SMILES string of the molecule is CCOC(=O)COCCNC(=O)c1ccnc2nc[nH]c12. The maximum Gasteiger partial charge on any atom is 0.332 e. The maximum atomic E-state index is 12.0. The van der Waals surface area contributed by atoms with Crippen LogP contribution in [0.1, 0.15) is 17.3 Å². The van der Waals surface area contributed by atoms with E-state index >= 15 is 0 Å². The first-order valence-corrected chi connectivity index (χ1v) is 6.52. The van der Waals surface area contributed by atoms with Gasteiger partial charge in [0, 0.05) is 12.7 Å². The van der Waals surface area contributed by atoms with Crippen LogP contribution in [0.25, 0.3) is 11.2 Å². The van der Waals surface area contributed by atoms with Gasteiger partial charge in [0.05, 0.1) is 30.6 Å². The number of ether oxygens (including phenoxy) is 2. The van der Waals surface area contributed by atoms with Gasteiger partial charge in [-0.2, -0.15) is 0 Å². The fourth-order valence-electron chi connectivity index (χ4n) is 1.73. The summed E-state index contributed by atoms with van der Waals surface area (Å²) in [5, 5.41) is 2.70. The van der Waals surface area contributed by atoms with Crippen LogP contribution in [0.5, 0.6) is 0 Å². The van der Waals surface area contributed by atoms with Gasteiger partial charge in [-0.3, -0.25) is 4.79 Å². The van der Waals surface area contributed by atoms with Gasteiger partial charge in [-0.25, -0.2) is 14.8 Å². The first-order chi connectivity index (χ1) is 10.2. The van der Waals surface area contributed by atoms with Crippen molar-refractivity contribution >= 4 is 23.0 Å². The lowest BCUT2D eigenvalue weighted by Gasteiger charge is -2.06. The highest BCUT2D eigenvalue weighted by Gasteiger charge is 2.11. The fraction of sp³-hybridized carbons (Fsp3) is 0.385. The van der Waals surface area contributed by atoms with Crippen molar-refractivity contribution in [1.82, 2.24) is 20.3 Å². The second-order valence-electron chi connectivity index (χ2n) is 4.07. The maximum absolute atomic E-state index is 12.0. The first kappa shape index (κ1) is 14.9. The number of nitrogens with zero attached hydrogens (tertiary/aromatic N) is 2. The minimum absolute atomic E-state index is 0.121. The molecule has 0 aliphatic heterocycles. The second-order valence-corrected chi connectivity index (χ2v) is 4.07. The molecule has 8 nitrogen and oxygen atoms in total. The smallest absolute Gasteiger partial charge is 0.332 e. The summed E-state index contributed by atoms with van der Waals surface area (Å²) in [6, 6.07) is 1.61. The summed E-state index contributed by atoms with van der Waals surface area (Å²) < 4.78 is 9.79. The van der Waals surface area contributed by atoms with Crippen LogP contribution in [0, 0.1) is 0 Å². The zero-order valence-electron chi connectivity index (χ0n) is 11.6. The van der Waals surface area contributed by atoms with Crippen molar-refractivity contribution in [1.29, 1.82) is 0 Å². The van der Waals surface area contributed by atoms with Crippen LogP contribution in [0.3, 0.4) is 0 Å². The topological polar surface area (TPSA) is 106 Å². The van der Waals surface area contributed by atoms with Gasteiger partial charge in [0.25, 0.3) is 5.91 Å². The molecule has 0 unspecified atom stereocenters. The number of nitrogens with one attached hydrogen (secondary N) is 2. The molecule has 112 valence electrons. The Hall–Kier alpha value is -2.48. The Kier molecular flexibility index (Phi) is 5.22. The van der Waals surface area contributed by atoms with Crippen LogP contribution in [-0.4, -0.2) is 53.2 Å². The number of hydrogen-bond acceptors (Lipinski definition) is 6. The van der Waals surface area contributed by atoms with Crippen molar-refractivity contribution in [2.24, 2.45) is 0 Å². The lowest BCUT2D eigenvalue weighted by atomic mass is 10.2.